The van der Waals surface area contributed by atoms with Crippen LogP contribution in [0.25, 0.3) is 11.0 Å². The standard InChI is InChI=1S/C36H42Br2ClN7O2/c1-43(2)16-5-6-17-46-33-23-26(39)10-12-31(33)40-34(46)32(22-24-9-11-28(37)29(38)21-24)42-35(47)44-18-14-27(15-19-44)45-20-13-25-7-3-4-8-30(25)41-36(45)48/h3-4,7-12,21,23,27,32H,5-6,13-20,22H2,1-2H3,(H,41,48)(H,42,47). The second-order valence-corrected chi connectivity index (χ2v) is 15.1. The van der Waals surface area contributed by atoms with E-state index in [2.05, 4.69) is 84.3 Å². The van der Waals surface area contributed by atoms with Crippen LogP contribution >= 0.6 is 43.5 Å². The molecule has 48 heavy (non-hydrogen) atoms. The van der Waals surface area contributed by atoms with E-state index in [1.165, 1.54) is 0 Å². The molecule has 2 N–H and O–H groups in total. The molecule has 6 rings (SSSR count). The van der Waals surface area contributed by atoms with E-state index in [0.717, 1.165) is 87.8 Å². The van der Waals surface area contributed by atoms with Crippen LogP contribution in [0, 0.1) is 0 Å². The summed E-state index contributed by atoms with van der Waals surface area (Å²) in [7, 11) is 4.18. The smallest absolute Gasteiger partial charge is 0.322 e. The van der Waals surface area contributed by atoms with Gasteiger partial charge < -0.3 is 29.9 Å². The lowest BCUT2D eigenvalue weighted by Crippen LogP contribution is -2.52. The quantitative estimate of drug-likeness (QED) is 0.159. The zero-order valence-electron chi connectivity index (χ0n) is 27.4. The van der Waals surface area contributed by atoms with Crippen LogP contribution in [0.1, 0.15) is 48.7 Å². The van der Waals surface area contributed by atoms with Crippen molar-refractivity contribution in [3.63, 3.8) is 0 Å². The number of para-hydroxylation sites is 1. The summed E-state index contributed by atoms with van der Waals surface area (Å²) in [5.74, 6) is 0.820. The number of likely N-dealkylation sites (tertiary alicyclic amines) is 1. The van der Waals surface area contributed by atoms with Gasteiger partial charge in [-0.25, -0.2) is 14.6 Å². The first-order chi connectivity index (χ1) is 23.2. The number of halogens is 3. The van der Waals surface area contributed by atoms with Crippen LogP contribution in [-0.4, -0.2) is 82.6 Å². The van der Waals surface area contributed by atoms with Crippen molar-refractivity contribution in [3.8, 4) is 0 Å². The fourth-order valence-electron chi connectivity index (χ4n) is 6.78. The fraction of sp³-hybridized carbons (Fsp3) is 0.417. The van der Waals surface area contributed by atoms with Crippen molar-refractivity contribution in [1.82, 2.24) is 29.6 Å². The number of benzene rings is 3. The van der Waals surface area contributed by atoms with Crippen LogP contribution < -0.4 is 10.6 Å². The number of fused-ring (bicyclic) bond motifs is 2. The van der Waals surface area contributed by atoms with E-state index in [1.807, 2.05) is 52.3 Å². The first-order valence-electron chi connectivity index (χ1n) is 16.6. The Morgan fingerprint density at radius 1 is 1.04 bits per heavy atom. The van der Waals surface area contributed by atoms with Crippen molar-refractivity contribution >= 4 is 72.2 Å². The minimum Gasteiger partial charge on any atom is -0.328 e. The number of urea groups is 2. The molecule has 2 aliphatic heterocycles. The second kappa shape index (κ2) is 15.6. The molecular weight excluding hydrogens is 758 g/mol. The third-order valence-corrected chi connectivity index (χ3v) is 11.5. The first kappa shape index (κ1) is 34.7. The normalized spacial score (nSPS) is 16.2. The number of hydrogen-bond donors (Lipinski definition) is 2. The minimum atomic E-state index is -0.377. The summed E-state index contributed by atoms with van der Waals surface area (Å²) in [6.07, 6.45) is 4.84. The van der Waals surface area contributed by atoms with Crippen LogP contribution in [0.15, 0.2) is 69.6 Å². The number of carbonyl (C=O) groups is 2. The third-order valence-electron chi connectivity index (χ3n) is 9.34. The average Bonchev–Trinajstić information content (AvgIpc) is 3.33. The number of nitrogens with zero attached hydrogens (tertiary/aromatic N) is 5. The van der Waals surface area contributed by atoms with Crippen molar-refractivity contribution in [2.75, 3.05) is 45.6 Å². The molecule has 0 aliphatic carbocycles. The molecule has 12 heteroatoms. The lowest BCUT2D eigenvalue weighted by atomic mass is 10.0. The number of aromatic nitrogens is 2. The van der Waals surface area contributed by atoms with Crippen LogP contribution in [0.4, 0.5) is 15.3 Å². The van der Waals surface area contributed by atoms with Crippen LogP contribution in [0.2, 0.25) is 5.02 Å². The second-order valence-electron chi connectivity index (χ2n) is 13.0. The van der Waals surface area contributed by atoms with E-state index < -0.39 is 0 Å². The largest absolute Gasteiger partial charge is 0.328 e. The third kappa shape index (κ3) is 8.18. The van der Waals surface area contributed by atoms with Gasteiger partial charge in [0, 0.05) is 51.9 Å². The highest BCUT2D eigenvalue weighted by atomic mass is 79.9. The Morgan fingerprint density at radius 3 is 2.60 bits per heavy atom. The molecular formula is C36H42Br2ClN7O2. The monoisotopic (exact) mass is 797 g/mol. The molecule has 2 aliphatic rings. The molecule has 1 aromatic heterocycles. The van der Waals surface area contributed by atoms with Gasteiger partial charge in [0.05, 0.1) is 17.1 Å². The van der Waals surface area contributed by atoms with Gasteiger partial charge in [0.25, 0.3) is 0 Å². The molecule has 0 spiro atoms. The van der Waals surface area contributed by atoms with Gasteiger partial charge >= 0.3 is 12.1 Å². The van der Waals surface area contributed by atoms with E-state index in [4.69, 9.17) is 16.6 Å². The van der Waals surface area contributed by atoms with Crippen molar-refractivity contribution in [3.05, 3.63) is 91.6 Å². The van der Waals surface area contributed by atoms with E-state index in [-0.39, 0.29) is 24.1 Å². The maximum absolute atomic E-state index is 14.0. The number of nitrogens with one attached hydrogen (secondary N) is 2. The van der Waals surface area contributed by atoms with Gasteiger partial charge in [-0.3, -0.25) is 0 Å². The molecule has 0 bridgehead atoms. The Bertz CT molecular complexity index is 1770. The zero-order chi connectivity index (χ0) is 33.8. The maximum Gasteiger partial charge on any atom is 0.322 e. The van der Waals surface area contributed by atoms with E-state index in [9.17, 15) is 9.59 Å². The predicted octanol–water partition coefficient (Wildman–Crippen LogP) is 8.10. The number of unbranched alkanes of at least 4 members (excludes halogenated alkanes) is 1. The minimum absolute atomic E-state index is 0.0619. The average molecular weight is 800 g/mol. The fourth-order valence-corrected chi connectivity index (χ4v) is 7.62. The maximum atomic E-state index is 14.0. The van der Waals surface area contributed by atoms with Crippen molar-refractivity contribution < 1.29 is 9.59 Å². The van der Waals surface area contributed by atoms with Crippen LogP contribution in [0.3, 0.4) is 0 Å². The lowest BCUT2D eigenvalue weighted by molar-refractivity contribution is 0.133. The molecule has 9 nitrogen and oxygen atoms in total. The van der Waals surface area contributed by atoms with Gasteiger partial charge in [-0.2, -0.15) is 0 Å². The van der Waals surface area contributed by atoms with Gasteiger partial charge in [0.2, 0.25) is 0 Å². The van der Waals surface area contributed by atoms with Crippen LogP contribution in [-0.2, 0) is 19.4 Å². The Kier molecular flexibility index (Phi) is 11.3. The number of imidazole rings is 1. The summed E-state index contributed by atoms with van der Waals surface area (Å²) in [6, 6.07) is 19.5. The van der Waals surface area contributed by atoms with E-state index in [1.54, 1.807) is 0 Å². The number of rotatable bonds is 10. The highest BCUT2D eigenvalue weighted by Crippen LogP contribution is 2.30. The highest BCUT2D eigenvalue weighted by molar-refractivity contribution is 9.13. The Balaban J connectivity index is 1.20. The van der Waals surface area contributed by atoms with Crippen molar-refractivity contribution in [2.24, 2.45) is 0 Å². The molecule has 4 amide bonds. The molecule has 1 atom stereocenters. The topological polar surface area (TPSA) is 85.7 Å². The molecule has 0 saturated carbocycles. The summed E-state index contributed by atoms with van der Waals surface area (Å²) in [6.45, 7) is 3.57. The van der Waals surface area contributed by atoms with Crippen molar-refractivity contribution in [2.45, 2.75) is 57.2 Å². The van der Waals surface area contributed by atoms with Gasteiger partial charge in [-0.15, -0.1) is 0 Å². The molecule has 254 valence electrons. The Labute approximate surface area is 304 Å². The number of hydrogen-bond acceptors (Lipinski definition) is 4. The summed E-state index contributed by atoms with van der Waals surface area (Å²) in [5.41, 5.74) is 4.94. The number of piperidine rings is 1. The SMILES string of the molecule is CN(C)CCCCn1c(C(Cc2ccc(Br)c(Br)c2)NC(=O)N2CCC(N3CCc4ccccc4NC3=O)CC2)nc2ccc(Cl)cc21. The van der Waals surface area contributed by atoms with Gasteiger partial charge in [-0.05, 0) is 139 Å². The Morgan fingerprint density at radius 2 is 1.83 bits per heavy atom. The van der Waals surface area contributed by atoms with Crippen LogP contribution in [0.5, 0.6) is 0 Å². The summed E-state index contributed by atoms with van der Waals surface area (Å²) in [5, 5.41) is 7.13. The molecule has 0 radical (unpaired) electrons. The predicted molar refractivity (Wildman–Crippen MR) is 200 cm³/mol. The first-order valence-corrected chi connectivity index (χ1v) is 18.6. The number of aryl methyl sites for hydroxylation is 1. The van der Waals surface area contributed by atoms with E-state index >= 15 is 0 Å². The van der Waals surface area contributed by atoms with Gasteiger partial charge in [-0.1, -0.05) is 35.9 Å². The number of carbonyl (C=O) groups excluding carboxylic acids is 2. The summed E-state index contributed by atoms with van der Waals surface area (Å²) in [4.78, 5) is 38.3. The zero-order valence-corrected chi connectivity index (χ0v) is 31.3. The lowest BCUT2D eigenvalue weighted by Gasteiger charge is -2.38. The highest BCUT2D eigenvalue weighted by Gasteiger charge is 2.33. The van der Waals surface area contributed by atoms with E-state index in [0.29, 0.717) is 31.1 Å². The molecule has 3 heterocycles. The van der Waals surface area contributed by atoms with Crippen molar-refractivity contribution in [1.29, 1.82) is 0 Å². The molecule has 4 aromatic rings. The summed E-state index contributed by atoms with van der Waals surface area (Å²) >= 11 is 13.7. The van der Waals surface area contributed by atoms with Gasteiger partial charge in [0.15, 0.2) is 0 Å². The summed E-state index contributed by atoms with van der Waals surface area (Å²) < 4.78 is 4.16. The molecule has 1 unspecified atom stereocenters. The molecule has 3 aromatic carbocycles. The Hall–Kier alpha value is -3.12. The molecule has 1 fully saturated rings. The molecule has 1 saturated heterocycles. The number of anilines is 1. The van der Waals surface area contributed by atoms with Gasteiger partial charge in [0.1, 0.15) is 5.82 Å². The number of amides is 4.